The van der Waals surface area contributed by atoms with E-state index in [2.05, 4.69) is 19.1 Å². The van der Waals surface area contributed by atoms with Gasteiger partial charge in [0.25, 0.3) is 5.91 Å². The van der Waals surface area contributed by atoms with E-state index in [9.17, 15) is 4.79 Å². The Labute approximate surface area is 131 Å². The van der Waals surface area contributed by atoms with E-state index in [1.165, 1.54) is 5.56 Å². The lowest BCUT2D eigenvalue weighted by Crippen LogP contribution is -2.29. The number of amides is 1. The van der Waals surface area contributed by atoms with Crippen molar-refractivity contribution in [1.82, 2.24) is 4.90 Å². The second-order valence-corrected chi connectivity index (χ2v) is 6.25. The van der Waals surface area contributed by atoms with E-state index in [0.717, 1.165) is 36.6 Å². The van der Waals surface area contributed by atoms with Gasteiger partial charge in [0.05, 0.1) is 0 Å². The summed E-state index contributed by atoms with van der Waals surface area (Å²) in [6, 6.07) is 8.02. The molecule has 1 atom stereocenters. The number of rotatable bonds is 5. The van der Waals surface area contributed by atoms with Crippen LogP contribution in [0, 0.1) is 5.92 Å². The maximum Gasteiger partial charge on any atom is 0.253 e. The fourth-order valence-electron chi connectivity index (χ4n) is 2.36. The van der Waals surface area contributed by atoms with Crippen molar-refractivity contribution in [2.24, 2.45) is 11.7 Å². The van der Waals surface area contributed by atoms with E-state index in [0.29, 0.717) is 12.5 Å². The van der Waals surface area contributed by atoms with Gasteiger partial charge in [0.1, 0.15) is 0 Å². The van der Waals surface area contributed by atoms with Crippen LogP contribution in [0.4, 0.5) is 0 Å². The molecule has 1 fully saturated rings. The summed E-state index contributed by atoms with van der Waals surface area (Å²) < 4.78 is 0. The Morgan fingerprint density at radius 2 is 2.10 bits per heavy atom. The van der Waals surface area contributed by atoms with Gasteiger partial charge < -0.3 is 10.6 Å². The van der Waals surface area contributed by atoms with Crippen molar-refractivity contribution < 1.29 is 4.79 Å². The van der Waals surface area contributed by atoms with Crippen molar-refractivity contribution in [3.63, 3.8) is 0 Å². The highest BCUT2D eigenvalue weighted by Crippen LogP contribution is 2.19. The monoisotopic (exact) mass is 314 g/mol. The molecule has 1 aromatic carbocycles. The minimum absolute atomic E-state index is 0. The Bertz CT molecular complexity index is 424. The maximum atomic E-state index is 12.3. The highest BCUT2D eigenvalue weighted by atomic mass is 35.5. The molecule has 1 unspecified atom stereocenters. The van der Waals surface area contributed by atoms with Crippen molar-refractivity contribution in [3.8, 4) is 0 Å². The van der Waals surface area contributed by atoms with Crippen LogP contribution < -0.4 is 5.73 Å². The van der Waals surface area contributed by atoms with Gasteiger partial charge in [-0.3, -0.25) is 4.79 Å². The van der Waals surface area contributed by atoms with E-state index in [1.54, 1.807) is 0 Å². The molecule has 5 heteroatoms. The predicted octanol–water partition coefficient (Wildman–Crippen LogP) is 2.78. The van der Waals surface area contributed by atoms with Crippen LogP contribution in [0.3, 0.4) is 0 Å². The van der Waals surface area contributed by atoms with Crippen LogP contribution in [-0.4, -0.2) is 36.2 Å². The Morgan fingerprint density at radius 3 is 2.65 bits per heavy atom. The third-order valence-electron chi connectivity index (χ3n) is 3.58. The molecule has 2 rings (SSSR count). The van der Waals surface area contributed by atoms with E-state index in [1.807, 2.05) is 28.8 Å². The number of nitrogens with zero attached hydrogens (tertiary/aromatic N) is 1. The molecule has 0 aliphatic carbocycles. The fraction of sp³-hybridized carbons (Fsp3) is 0.533. The van der Waals surface area contributed by atoms with Gasteiger partial charge in [-0.05, 0) is 42.3 Å². The van der Waals surface area contributed by atoms with Crippen LogP contribution in [0.25, 0.3) is 0 Å². The summed E-state index contributed by atoms with van der Waals surface area (Å²) in [5.41, 5.74) is 7.74. The molecule has 3 nitrogen and oxygen atoms in total. The molecule has 0 spiro atoms. The molecule has 20 heavy (non-hydrogen) atoms. The number of carbonyl (C=O) groups excluding carboxylic acids is 1. The number of carbonyl (C=O) groups is 1. The number of halogens is 1. The molecular formula is C15H23ClN2OS. The zero-order valence-electron chi connectivity index (χ0n) is 11.9. The first kappa shape index (κ1) is 17.3. The third-order valence-corrected chi connectivity index (χ3v) is 4.53. The number of nitrogens with two attached hydrogens (primary N) is 1. The van der Waals surface area contributed by atoms with E-state index in [-0.39, 0.29) is 18.3 Å². The van der Waals surface area contributed by atoms with Gasteiger partial charge in [0.15, 0.2) is 0 Å². The fourth-order valence-corrected chi connectivity index (χ4v) is 2.99. The van der Waals surface area contributed by atoms with Crippen molar-refractivity contribution in [1.29, 1.82) is 0 Å². The van der Waals surface area contributed by atoms with Gasteiger partial charge >= 0.3 is 0 Å². The third kappa shape index (κ3) is 4.40. The Hall–Kier alpha value is -0.710. The van der Waals surface area contributed by atoms with Crippen molar-refractivity contribution in [2.75, 3.05) is 25.4 Å². The first-order valence-electron chi connectivity index (χ1n) is 6.90. The summed E-state index contributed by atoms with van der Waals surface area (Å²) in [5, 5.41) is 0. The number of likely N-dealkylation sites (tertiary alicyclic amines) is 1. The first-order valence-corrected chi connectivity index (χ1v) is 8.06. The van der Waals surface area contributed by atoms with E-state index in [4.69, 9.17) is 5.73 Å². The highest BCUT2D eigenvalue weighted by Gasteiger charge is 2.25. The summed E-state index contributed by atoms with van der Waals surface area (Å²) >= 11 is 1.89. The summed E-state index contributed by atoms with van der Waals surface area (Å²) in [6.45, 7) is 4.48. The van der Waals surface area contributed by atoms with Crippen molar-refractivity contribution in [2.45, 2.75) is 19.1 Å². The number of hydrogen-bond acceptors (Lipinski definition) is 3. The number of thioether (sulfide) groups is 1. The molecule has 0 bridgehead atoms. The highest BCUT2D eigenvalue weighted by molar-refractivity contribution is 7.98. The molecule has 0 aromatic heterocycles. The molecule has 112 valence electrons. The summed E-state index contributed by atoms with van der Waals surface area (Å²) in [7, 11) is 0. The van der Waals surface area contributed by atoms with Crippen LogP contribution in [0.15, 0.2) is 24.3 Å². The minimum Gasteiger partial charge on any atom is -0.338 e. The summed E-state index contributed by atoms with van der Waals surface area (Å²) in [5.74, 6) is 2.76. The van der Waals surface area contributed by atoms with Crippen molar-refractivity contribution >= 4 is 30.1 Å². The molecule has 0 saturated carbocycles. The molecule has 1 saturated heterocycles. The van der Waals surface area contributed by atoms with E-state index < -0.39 is 0 Å². The van der Waals surface area contributed by atoms with Gasteiger partial charge in [0, 0.05) is 24.4 Å². The van der Waals surface area contributed by atoms with Gasteiger partial charge in [0.2, 0.25) is 0 Å². The summed E-state index contributed by atoms with van der Waals surface area (Å²) in [6.07, 6.45) is 1.04. The Morgan fingerprint density at radius 1 is 1.40 bits per heavy atom. The van der Waals surface area contributed by atoms with Gasteiger partial charge in [-0.25, -0.2) is 0 Å². The zero-order chi connectivity index (χ0) is 13.7. The molecule has 1 aliphatic rings. The zero-order valence-corrected chi connectivity index (χ0v) is 13.5. The molecule has 1 aliphatic heterocycles. The van der Waals surface area contributed by atoms with Gasteiger partial charge in [-0.15, -0.1) is 12.4 Å². The largest absolute Gasteiger partial charge is 0.338 e. The average Bonchev–Trinajstić information content (AvgIpc) is 2.94. The normalized spacial score (nSPS) is 17.9. The molecule has 1 amide bonds. The smallest absolute Gasteiger partial charge is 0.253 e. The standard InChI is InChI=1S/C15H22N2OS.ClH/c1-2-19-11-12-3-5-14(6-4-12)15(18)17-8-7-13(9-16)10-17;/h3-6,13H,2,7-11,16H2,1H3;1H. The lowest BCUT2D eigenvalue weighted by molar-refractivity contribution is 0.0787. The van der Waals surface area contributed by atoms with Crippen molar-refractivity contribution in [3.05, 3.63) is 35.4 Å². The number of benzene rings is 1. The number of hydrogen-bond donors (Lipinski definition) is 1. The second kappa shape index (κ2) is 8.55. The lowest BCUT2D eigenvalue weighted by Gasteiger charge is -2.16. The SMILES string of the molecule is CCSCc1ccc(C(=O)N2CCC(CN)C2)cc1.Cl. The molecular weight excluding hydrogens is 292 g/mol. The van der Waals surface area contributed by atoms with Crippen LogP contribution in [0.2, 0.25) is 0 Å². The topological polar surface area (TPSA) is 46.3 Å². The first-order chi connectivity index (χ1) is 9.24. The molecule has 2 N–H and O–H groups in total. The van der Waals surface area contributed by atoms with Crippen LogP contribution in [0.5, 0.6) is 0 Å². The van der Waals surface area contributed by atoms with Gasteiger partial charge in [-0.2, -0.15) is 11.8 Å². The lowest BCUT2D eigenvalue weighted by atomic mass is 10.1. The van der Waals surface area contributed by atoms with Crippen LogP contribution in [0.1, 0.15) is 29.3 Å². The molecule has 1 aromatic rings. The second-order valence-electron chi connectivity index (χ2n) is 4.98. The quantitative estimate of drug-likeness (QED) is 0.909. The Kier molecular flexibility index (Phi) is 7.41. The van der Waals surface area contributed by atoms with Crippen LogP contribution in [-0.2, 0) is 5.75 Å². The molecule has 1 heterocycles. The minimum atomic E-state index is 0. The Balaban J connectivity index is 0.00000200. The van der Waals surface area contributed by atoms with Gasteiger partial charge in [-0.1, -0.05) is 19.1 Å². The predicted molar refractivity (Wildman–Crippen MR) is 88.6 cm³/mol. The average molecular weight is 315 g/mol. The van der Waals surface area contributed by atoms with Crippen LogP contribution >= 0.6 is 24.2 Å². The maximum absolute atomic E-state index is 12.3. The molecule has 0 radical (unpaired) electrons. The van der Waals surface area contributed by atoms with E-state index >= 15 is 0 Å². The summed E-state index contributed by atoms with van der Waals surface area (Å²) in [4.78, 5) is 14.2.